The van der Waals surface area contributed by atoms with Crippen molar-refractivity contribution in [3.63, 3.8) is 0 Å². The molecule has 0 bridgehead atoms. The minimum absolute atomic E-state index is 0.0690. The number of nitrogens with one attached hydrogen (secondary N) is 2. The molecule has 3 N–H and O–H groups in total. The third-order valence-corrected chi connectivity index (χ3v) is 3.81. The second-order valence-electron chi connectivity index (χ2n) is 6.03. The maximum absolute atomic E-state index is 13.4. The molecule has 0 amide bonds. The quantitative estimate of drug-likeness (QED) is 0.592. The highest BCUT2D eigenvalue weighted by Crippen LogP contribution is 2.22. The Labute approximate surface area is 155 Å². The van der Waals surface area contributed by atoms with Gasteiger partial charge in [0.15, 0.2) is 11.6 Å². The number of benzene rings is 1. The highest BCUT2D eigenvalue weighted by Gasteiger charge is 2.10. The van der Waals surface area contributed by atoms with Crippen molar-refractivity contribution in [2.45, 2.75) is 19.5 Å². The Bertz CT molecular complexity index is 908. The van der Waals surface area contributed by atoms with Crippen LogP contribution >= 0.6 is 0 Å². The number of aromatic nitrogens is 3. The summed E-state index contributed by atoms with van der Waals surface area (Å²) in [7, 11) is 0. The minimum atomic E-state index is -0.895. The number of hydrogen-bond donors (Lipinski definition) is 3. The van der Waals surface area contributed by atoms with E-state index in [1.165, 1.54) is 6.07 Å². The molecule has 1 aromatic carbocycles. The Morgan fingerprint density at radius 1 is 1.04 bits per heavy atom. The maximum atomic E-state index is 13.4. The van der Waals surface area contributed by atoms with Gasteiger partial charge in [0.05, 0.1) is 12.3 Å². The predicted octanol–water partition coefficient (Wildman–Crippen LogP) is 3.22. The van der Waals surface area contributed by atoms with Gasteiger partial charge in [-0.25, -0.2) is 13.8 Å². The molecule has 0 radical (unpaired) electrons. The van der Waals surface area contributed by atoms with Crippen LogP contribution in [-0.4, -0.2) is 32.7 Å². The lowest BCUT2D eigenvalue weighted by Gasteiger charge is -2.14. The van der Waals surface area contributed by atoms with Gasteiger partial charge >= 0.3 is 0 Å². The van der Waals surface area contributed by atoms with Gasteiger partial charge < -0.3 is 15.7 Å². The first-order valence-corrected chi connectivity index (χ1v) is 8.40. The van der Waals surface area contributed by atoms with E-state index >= 15 is 0 Å². The van der Waals surface area contributed by atoms with E-state index in [2.05, 4.69) is 25.6 Å². The standard InChI is InChI=1S/C19H19F2N5O/c1-12(11-27)24-19-25-17(14-4-6-22-7-5-14)9-18(26-19)23-10-13-2-3-15(20)16(21)8-13/h2-9,12,27H,10-11H2,1H3,(H2,23,24,25,26)/t12-/m1/s1. The minimum Gasteiger partial charge on any atom is -0.394 e. The van der Waals surface area contributed by atoms with Crippen LogP contribution in [0.3, 0.4) is 0 Å². The molecule has 8 heteroatoms. The molecule has 2 aromatic heterocycles. The third kappa shape index (κ3) is 4.95. The lowest BCUT2D eigenvalue weighted by molar-refractivity contribution is 0.281. The fourth-order valence-corrected chi connectivity index (χ4v) is 2.38. The summed E-state index contributed by atoms with van der Waals surface area (Å²) in [5.41, 5.74) is 2.09. The number of nitrogens with zero attached hydrogens (tertiary/aromatic N) is 3. The van der Waals surface area contributed by atoms with Crippen LogP contribution < -0.4 is 10.6 Å². The molecule has 0 aliphatic rings. The van der Waals surface area contributed by atoms with Crippen LogP contribution in [0.1, 0.15) is 12.5 Å². The van der Waals surface area contributed by atoms with E-state index in [1.807, 2.05) is 12.1 Å². The zero-order valence-corrected chi connectivity index (χ0v) is 14.7. The Kier molecular flexibility index (Phi) is 5.87. The van der Waals surface area contributed by atoms with E-state index in [0.717, 1.165) is 17.7 Å². The molecule has 27 heavy (non-hydrogen) atoms. The monoisotopic (exact) mass is 371 g/mol. The van der Waals surface area contributed by atoms with Crippen molar-refractivity contribution in [3.05, 3.63) is 66.0 Å². The molecule has 2 heterocycles. The summed E-state index contributed by atoms with van der Waals surface area (Å²) in [6.45, 7) is 2.00. The highest BCUT2D eigenvalue weighted by atomic mass is 19.2. The third-order valence-electron chi connectivity index (χ3n) is 3.81. The number of pyridine rings is 1. The van der Waals surface area contributed by atoms with Gasteiger partial charge in [-0.3, -0.25) is 4.98 Å². The van der Waals surface area contributed by atoms with Crippen LogP contribution in [0, 0.1) is 11.6 Å². The van der Waals surface area contributed by atoms with Gasteiger partial charge in [-0.2, -0.15) is 4.98 Å². The summed E-state index contributed by atoms with van der Waals surface area (Å²) in [5, 5.41) is 15.4. The average molecular weight is 371 g/mol. The Morgan fingerprint density at radius 3 is 2.52 bits per heavy atom. The van der Waals surface area contributed by atoms with Crippen molar-refractivity contribution in [2.24, 2.45) is 0 Å². The van der Waals surface area contributed by atoms with Crippen molar-refractivity contribution in [3.8, 4) is 11.3 Å². The first-order valence-electron chi connectivity index (χ1n) is 8.40. The topological polar surface area (TPSA) is 83.0 Å². The normalized spacial score (nSPS) is 11.9. The molecule has 0 aliphatic carbocycles. The predicted molar refractivity (Wildman–Crippen MR) is 99.1 cm³/mol. The second kappa shape index (κ2) is 8.50. The summed E-state index contributed by atoms with van der Waals surface area (Å²) < 4.78 is 26.4. The van der Waals surface area contributed by atoms with E-state index in [0.29, 0.717) is 23.0 Å². The van der Waals surface area contributed by atoms with Gasteiger partial charge in [0.25, 0.3) is 0 Å². The van der Waals surface area contributed by atoms with Crippen LogP contribution in [0.2, 0.25) is 0 Å². The summed E-state index contributed by atoms with van der Waals surface area (Å²) in [6.07, 6.45) is 3.32. The van der Waals surface area contributed by atoms with E-state index in [4.69, 9.17) is 0 Å². The Hall–Kier alpha value is -3.13. The molecule has 3 rings (SSSR count). The fraction of sp³-hybridized carbons (Fsp3) is 0.211. The van der Waals surface area contributed by atoms with Gasteiger partial charge in [0.1, 0.15) is 5.82 Å². The number of rotatable bonds is 7. The zero-order valence-electron chi connectivity index (χ0n) is 14.7. The molecule has 0 unspecified atom stereocenters. The number of hydrogen-bond acceptors (Lipinski definition) is 6. The maximum Gasteiger partial charge on any atom is 0.225 e. The first kappa shape index (κ1) is 18.7. The van der Waals surface area contributed by atoms with Crippen LogP contribution in [0.4, 0.5) is 20.5 Å². The summed E-state index contributed by atoms with van der Waals surface area (Å²) in [6, 6.07) is 8.90. The number of aliphatic hydroxyl groups excluding tert-OH is 1. The largest absolute Gasteiger partial charge is 0.394 e. The highest BCUT2D eigenvalue weighted by molar-refractivity contribution is 5.64. The van der Waals surface area contributed by atoms with Crippen LogP contribution in [-0.2, 0) is 6.54 Å². The molecule has 6 nitrogen and oxygen atoms in total. The number of anilines is 2. The van der Waals surface area contributed by atoms with Gasteiger partial charge in [-0.15, -0.1) is 0 Å². The molecule has 0 saturated carbocycles. The van der Waals surface area contributed by atoms with E-state index < -0.39 is 11.6 Å². The molecule has 3 aromatic rings. The van der Waals surface area contributed by atoms with Crippen LogP contribution in [0.5, 0.6) is 0 Å². The molecular formula is C19H19F2N5O. The molecular weight excluding hydrogens is 352 g/mol. The van der Waals surface area contributed by atoms with Crippen molar-refractivity contribution in [1.82, 2.24) is 15.0 Å². The van der Waals surface area contributed by atoms with Gasteiger partial charge in [0.2, 0.25) is 5.95 Å². The van der Waals surface area contributed by atoms with Crippen molar-refractivity contribution < 1.29 is 13.9 Å². The number of aliphatic hydroxyl groups is 1. The Balaban J connectivity index is 1.86. The van der Waals surface area contributed by atoms with Gasteiger partial charge in [-0.05, 0) is 36.8 Å². The smallest absolute Gasteiger partial charge is 0.225 e. The van der Waals surface area contributed by atoms with Crippen molar-refractivity contribution in [2.75, 3.05) is 17.2 Å². The SMILES string of the molecule is C[C@H](CO)Nc1nc(NCc2ccc(F)c(F)c2)cc(-c2ccncc2)n1. The summed E-state index contributed by atoms with van der Waals surface area (Å²) in [5.74, 6) is -0.924. The average Bonchev–Trinajstić information content (AvgIpc) is 2.69. The molecule has 0 fully saturated rings. The molecule has 1 atom stereocenters. The zero-order chi connectivity index (χ0) is 19.2. The summed E-state index contributed by atoms with van der Waals surface area (Å²) in [4.78, 5) is 12.8. The number of halogens is 2. The van der Waals surface area contributed by atoms with Crippen molar-refractivity contribution in [1.29, 1.82) is 0 Å². The fourth-order valence-electron chi connectivity index (χ4n) is 2.38. The molecule has 0 saturated heterocycles. The molecule has 0 spiro atoms. The molecule has 140 valence electrons. The van der Waals surface area contributed by atoms with E-state index in [1.54, 1.807) is 25.4 Å². The lowest BCUT2D eigenvalue weighted by Crippen LogP contribution is -2.21. The summed E-state index contributed by atoms with van der Waals surface area (Å²) >= 11 is 0. The van der Waals surface area contributed by atoms with Gasteiger partial charge in [-0.1, -0.05) is 6.07 Å². The lowest BCUT2D eigenvalue weighted by atomic mass is 10.2. The first-order chi connectivity index (χ1) is 13.0. The Morgan fingerprint density at radius 2 is 1.81 bits per heavy atom. The van der Waals surface area contributed by atoms with Gasteiger partial charge in [0, 0.05) is 36.6 Å². The van der Waals surface area contributed by atoms with Crippen molar-refractivity contribution >= 4 is 11.8 Å². The van der Waals surface area contributed by atoms with Crippen LogP contribution in [0.25, 0.3) is 11.3 Å². The molecule has 0 aliphatic heterocycles. The second-order valence-corrected chi connectivity index (χ2v) is 6.03. The van der Waals surface area contributed by atoms with Crippen LogP contribution in [0.15, 0.2) is 48.8 Å². The van der Waals surface area contributed by atoms with E-state index in [9.17, 15) is 13.9 Å². The van der Waals surface area contributed by atoms with E-state index in [-0.39, 0.29) is 19.2 Å².